The van der Waals surface area contributed by atoms with E-state index in [-0.39, 0.29) is 5.92 Å². The summed E-state index contributed by atoms with van der Waals surface area (Å²) in [6.45, 7) is 0. The summed E-state index contributed by atoms with van der Waals surface area (Å²) in [5, 5.41) is 0. The number of rotatable bonds is 3. The lowest BCUT2D eigenvalue weighted by molar-refractivity contribution is 0.192. The number of alkyl halides is 3. The quantitative estimate of drug-likeness (QED) is 0.581. The van der Waals surface area contributed by atoms with Crippen molar-refractivity contribution in [2.45, 2.75) is 22.7 Å². The summed E-state index contributed by atoms with van der Waals surface area (Å²) in [7, 11) is -3.56. The Morgan fingerprint density at radius 3 is 2.08 bits per heavy atom. The molecule has 0 spiro atoms. The van der Waals surface area contributed by atoms with Crippen molar-refractivity contribution in [1.29, 1.82) is 0 Å². The highest BCUT2D eigenvalue weighted by molar-refractivity contribution is 7.86. The highest BCUT2D eigenvalue weighted by Crippen LogP contribution is 2.46. The number of halogens is 3. The Kier molecular flexibility index (Phi) is 3.41. The fourth-order valence-corrected chi connectivity index (χ4v) is 2.49. The van der Waals surface area contributed by atoms with Crippen LogP contribution < -0.4 is 0 Å². The van der Waals surface area contributed by atoms with Crippen LogP contribution in [0.25, 0.3) is 0 Å². The molecular weight excluding hydrogens is 258 g/mol. The van der Waals surface area contributed by atoms with E-state index in [1.807, 2.05) is 0 Å². The minimum absolute atomic E-state index is 0.0437. The van der Waals surface area contributed by atoms with Gasteiger partial charge in [0.2, 0.25) is 3.79 Å². The van der Waals surface area contributed by atoms with Crippen LogP contribution in [0.4, 0.5) is 0 Å². The zero-order valence-corrected chi connectivity index (χ0v) is 9.92. The van der Waals surface area contributed by atoms with Crippen LogP contribution in [-0.4, -0.2) is 24.6 Å². The Labute approximate surface area is 92.4 Å². The van der Waals surface area contributed by atoms with Crippen LogP contribution in [-0.2, 0) is 14.3 Å². The van der Waals surface area contributed by atoms with E-state index in [4.69, 9.17) is 39.0 Å². The van der Waals surface area contributed by atoms with E-state index in [9.17, 15) is 8.42 Å². The summed E-state index contributed by atoms with van der Waals surface area (Å²) in [6, 6.07) is 0. The van der Waals surface area contributed by atoms with E-state index in [1.165, 1.54) is 0 Å². The second kappa shape index (κ2) is 3.74. The summed E-state index contributed by atoms with van der Waals surface area (Å²) >= 11 is 16.7. The van der Waals surface area contributed by atoms with E-state index >= 15 is 0 Å². The molecule has 0 aromatic carbocycles. The molecule has 0 bridgehead atoms. The molecule has 1 aliphatic rings. The lowest BCUT2D eigenvalue weighted by Gasteiger charge is -2.22. The average molecular weight is 268 g/mol. The number of hydrogen-bond donors (Lipinski definition) is 0. The molecule has 0 aliphatic heterocycles. The molecule has 78 valence electrons. The third-order valence-corrected chi connectivity index (χ3v) is 2.85. The molecule has 1 rings (SSSR count). The van der Waals surface area contributed by atoms with E-state index in [0.29, 0.717) is 0 Å². The van der Waals surface area contributed by atoms with Crippen molar-refractivity contribution < 1.29 is 12.6 Å². The Morgan fingerprint density at radius 1 is 1.38 bits per heavy atom. The molecule has 1 aliphatic carbocycles. The fourth-order valence-electron chi connectivity index (χ4n) is 0.988. The average Bonchev–Trinajstić information content (AvgIpc) is 2.58. The maximum absolute atomic E-state index is 10.8. The minimum atomic E-state index is -3.56. The SMILES string of the molecule is CS(=O)(=O)OC(C1CC1)C(Cl)(Cl)Cl. The largest absolute Gasteiger partial charge is 0.264 e. The molecule has 1 unspecified atom stereocenters. The molecule has 0 aromatic heterocycles. The van der Waals surface area contributed by atoms with Crippen molar-refractivity contribution in [3.63, 3.8) is 0 Å². The van der Waals surface area contributed by atoms with E-state index in [0.717, 1.165) is 19.1 Å². The first-order valence-corrected chi connectivity index (χ1v) is 6.60. The first-order valence-electron chi connectivity index (χ1n) is 3.65. The van der Waals surface area contributed by atoms with Crippen LogP contribution >= 0.6 is 34.8 Å². The molecule has 1 saturated carbocycles. The van der Waals surface area contributed by atoms with Gasteiger partial charge < -0.3 is 0 Å². The molecule has 3 nitrogen and oxygen atoms in total. The summed E-state index contributed by atoms with van der Waals surface area (Å²) in [5.74, 6) is 0.0437. The van der Waals surface area contributed by atoms with Gasteiger partial charge in [-0.15, -0.1) is 0 Å². The lowest BCUT2D eigenvalue weighted by Crippen LogP contribution is -2.32. The van der Waals surface area contributed by atoms with Crippen molar-refractivity contribution in [1.82, 2.24) is 0 Å². The van der Waals surface area contributed by atoms with Crippen molar-refractivity contribution in [3.8, 4) is 0 Å². The zero-order valence-electron chi connectivity index (χ0n) is 6.84. The van der Waals surface area contributed by atoms with Crippen LogP contribution in [0.2, 0.25) is 0 Å². The molecule has 0 aromatic rings. The molecule has 0 radical (unpaired) electrons. The van der Waals surface area contributed by atoms with Gasteiger partial charge >= 0.3 is 0 Å². The van der Waals surface area contributed by atoms with E-state index in [1.54, 1.807) is 0 Å². The van der Waals surface area contributed by atoms with Gasteiger partial charge in [-0.3, -0.25) is 4.18 Å². The molecule has 0 N–H and O–H groups in total. The van der Waals surface area contributed by atoms with Gasteiger partial charge in [0.05, 0.1) is 6.26 Å². The van der Waals surface area contributed by atoms with Gasteiger partial charge in [0, 0.05) is 0 Å². The van der Waals surface area contributed by atoms with Gasteiger partial charge in [-0.05, 0) is 18.8 Å². The highest BCUT2D eigenvalue weighted by atomic mass is 35.6. The summed E-state index contributed by atoms with van der Waals surface area (Å²) in [6.07, 6.45) is 1.77. The second-order valence-electron chi connectivity index (χ2n) is 3.10. The van der Waals surface area contributed by atoms with Crippen LogP contribution in [0, 0.1) is 5.92 Å². The van der Waals surface area contributed by atoms with Gasteiger partial charge in [0.15, 0.2) is 0 Å². The zero-order chi connectivity index (χ0) is 10.3. The Hall–Kier alpha value is 0.780. The summed E-state index contributed by atoms with van der Waals surface area (Å²) in [4.78, 5) is 0. The standard InChI is InChI=1S/C6H9Cl3O3S/c1-13(10,11)12-5(4-2-3-4)6(7,8)9/h4-5H,2-3H2,1H3. The third-order valence-electron chi connectivity index (χ3n) is 1.65. The van der Waals surface area contributed by atoms with Crippen LogP contribution in [0.5, 0.6) is 0 Å². The first kappa shape index (κ1) is 11.9. The molecular formula is C6H9Cl3O3S. The van der Waals surface area contributed by atoms with Crippen molar-refractivity contribution in [2.24, 2.45) is 5.92 Å². The topological polar surface area (TPSA) is 43.4 Å². The Bertz CT molecular complexity index is 278. The maximum atomic E-state index is 10.8. The molecule has 0 saturated heterocycles. The predicted molar refractivity (Wildman–Crippen MR) is 52.7 cm³/mol. The molecule has 13 heavy (non-hydrogen) atoms. The summed E-state index contributed by atoms with van der Waals surface area (Å²) in [5.41, 5.74) is 0. The second-order valence-corrected chi connectivity index (χ2v) is 7.07. The van der Waals surface area contributed by atoms with Gasteiger partial charge in [0.25, 0.3) is 10.1 Å². The maximum Gasteiger partial charge on any atom is 0.264 e. The monoisotopic (exact) mass is 266 g/mol. The molecule has 7 heteroatoms. The molecule has 1 fully saturated rings. The highest BCUT2D eigenvalue weighted by Gasteiger charge is 2.46. The van der Waals surface area contributed by atoms with Gasteiger partial charge in [-0.2, -0.15) is 8.42 Å². The molecule has 1 atom stereocenters. The normalized spacial score (nSPS) is 21.5. The third kappa shape index (κ3) is 4.21. The van der Waals surface area contributed by atoms with E-state index in [2.05, 4.69) is 0 Å². The van der Waals surface area contributed by atoms with Crippen LogP contribution in [0.1, 0.15) is 12.8 Å². The fraction of sp³-hybridized carbons (Fsp3) is 1.00. The molecule has 0 amide bonds. The van der Waals surface area contributed by atoms with Crippen molar-refractivity contribution in [2.75, 3.05) is 6.26 Å². The Morgan fingerprint density at radius 2 is 1.85 bits per heavy atom. The van der Waals surface area contributed by atoms with Crippen molar-refractivity contribution in [3.05, 3.63) is 0 Å². The van der Waals surface area contributed by atoms with Gasteiger partial charge in [0.1, 0.15) is 6.10 Å². The Balaban J connectivity index is 2.69. The van der Waals surface area contributed by atoms with Gasteiger partial charge in [-0.25, -0.2) is 0 Å². The number of hydrogen-bond acceptors (Lipinski definition) is 3. The van der Waals surface area contributed by atoms with E-state index < -0.39 is 20.0 Å². The van der Waals surface area contributed by atoms with Crippen LogP contribution in [0.3, 0.4) is 0 Å². The first-order chi connectivity index (χ1) is 5.70. The van der Waals surface area contributed by atoms with Crippen molar-refractivity contribution >= 4 is 44.9 Å². The summed E-state index contributed by atoms with van der Waals surface area (Å²) < 4.78 is 24.7. The van der Waals surface area contributed by atoms with Gasteiger partial charge in [-0.1, -0.05) is 34.8 Å². The molecule has 0 heterocycles. The van der Waals surface area contributed by atoms with Crippen LogP contribution in [0.15, 0.2) is 0 Å². The smallest absolute Gasteiger partial charge is 0.262 e. The lowest BCUT2D eigenvalue weighted by atomic mass is 10.3. The minimum Gasteiger partial charge on any atom is -0.262 e. The predicted octanol–water partition coefficient (Wildman–Crippen LogP) is 2.11.